The Bertz CT molecular complexity index is 1830. The van der Waals surface area contributed by atoms with Gasteiger partial charge in [-0.15, -0.1) is 0 Å². The highest BCUT2D eigenvalue weighted by atomic mass is 79.9. The van der Waals surface area contributed by atoms with Crippen molar-refractivity contribution in [2.24, 2.45) is 4.99 Å². The lowest BCUT2D eigenvalue weighted by Gasteiger charge is -2.25. The number of benzene rings is 3. The van der Waals surface area contributed by atoms with Gasteiger partial charge >= 0.3 is 5.97 Å². The third kappa shape index (κ3) is 5.89. The number of esters is 1. The van der Waals surface area contributed by atoms with Crippen molar-refractivity contribution < 1.29 is 23.4 Å². The summed E-state index contributed by atoms with van der Waals surface area (Å²) in [5, 5.41) is 0. The average Bonchev–Trinajstić information content (AvgIpc) is 3.26. The molecule has 2 heterocycles. The molecule has 10 heteroatoms. The lowest BCUT2D eigenvalue weighted by atomic mass is 9.96. The highest BCUT2D eigenvalue weighted by Gasteiger charge is 2.33. The van der Waals surface area contributed by atoms with E-state index in [1.54, 1.807) is 45.2 Å². The van der Waals surface area contributed by atoms with Gasteiger partial charge in [-0.2, -0.15) is 0 Å². The fourth-order valence-corrected chi connectivity index (χ4v) is 6.17. The molecule has 210 valence electrons. The lowest BCUT2D eigenvalue weighted by Crippen LogP contribution is -2.40. The van der Waals surface area contributed by atoms with Crippen LogP contribution in [0.3, 0.4) is 0 Å². The smallest absolute Gasteiger partial charge is 0.338 e. The van der Waals surface area contributed by atoms with E-state index < -0.39 is 12.0 Å². The molecular weight excluding hydrogens is 611 g/mol. The molecule has 0 bridgehead atoms. The first-order valence-corrected chi connectivity index (χ1v) is 14.4. The zero-order valence-corrected chi connectivity index (χ0v) is 24.9. The summed E-state index contributed by atoms with van der Waals surface area (Å²) >= 11 is 4.75. The van der Waals surface area contributed by atoms with Crippen LogP contribution in [0.5, 0.6) is 11.5 Å². The van der Waals surface area contributed by atoms with Crippen LogP contribution in [-0.4, -0.2) is 24.3 Å². The Kier molecular flexibility index (Phi) is 8.51. The molecule has 0 saturated carbocycles. The van der Waals surface area contributed by atoms with Crippen molar-refractivity contribution in [1.29, 1.82) is 0 Å². The highest BCUT2D eigenvalue weighted by molar-refractivity contribution is 9.10. The van der Waals surface area contributed by atoms with Crippen LogP contribution in [-0.2, 0) is 16.1 Å². The molecule has 5 rings (SSSR count). The number of hydrogen-bond donors (Lipinski definition) is 0. The molecule has 0 amide bonds. The van der Waals surface area contributed by atoms with Crippen LogP contribution in [0.2, 0.25) is 0 Å². The molecule has 41 heavy (non-hydrogen) atoms. The summed E-state index contributed by atoms with van der Waals surface area (Å²) in [6, 6.07) is 18.1. The molecule has 1 atom stereocenters. The van der Waals surface area contributed by atoms with Gasteiger partial charge < -0.3 is 14.2 Å². The number of halogens is 2. The van der Waals surface area contributed by atoms with E-state index in [0.29, 0.717) is 47.7 Å². The number of allylic oxidation sites excluding steroid dienone is 1. The zero-order chi connectivity index (χ0) is 29.1. The summed E-state index contributed by atoms with van der Waals surface area (Å²) in [6.45, 7) is 3.90. The van der Waals surface area contributed by atoms with Gasteiger partial charge in [0.05, 0.1) is 40.0 Å². The Morgan fingerprint density at radius 3 is 2.59 bits per heavy atom. The van der Waals surface area contributed by atoms with Gasteiger partial charge in [-0.25, -0.2) is 14.2 Å². The molecule has 0 N–H and O–H groups in total. The van der Waals surface area contributed by atoms with Crippen LogP contribution in [0, 0.1) is 5.82 Å². The van der Waals surface area contributed by atoms with Crippen LogP contribution < -0.4 is 24.4 Å². The van der Waals surface area contributed by atoms with Gasteiger partial charge in [0.2, 0.25) is 0 Å². The number of ether oxygens (including phenoxy) is 3. The molecule has 0 aliphatic carbocycles. The van der Waals surface area contributed by atoms with E-state index in [2.05, 4.69) is 20.9 Å². The maximum absolute atomic E-state index is 14.0. The summed E-state index contributed by atoms with van der Waals surface area (Å²) in [7, 11) is 1.57. The largest absolute Gasteiger partial charge is 0.496 e. The molecule has 1 aliphatic rings. The van der Waals surface area contributed by atoms with E-state index in [1.807, 2.05) is 36.4 Å². The van der Waals surface area contributed by atoms with Crippen molar-refractivity contribution >= 4 is 39.3 Å². The molecule has 4 aromatic rings. The molecule has 7 nitrogen and oxygen atoms in total. The van der Waals surface area contributed by atoms with Crippen LogP contribution >= 0.6 is 27.3 Å². The van der Waals surface area contributed by atoms with E-state index in [-0.39, 0.29) is 24.6 Å². The average molecular weight is 638 g/mol. The molecule has 0 fully saturated rings. The van der Waals surface area contributed by atoms with Gasteiger partial charge in [0.15, 0.2) is 4.80 Å². The van der Waals surface area contributed by atoms with E-state index in [9.17, 15) is 14.0 Å². The van der Waals surface area contributed by atoms with Crippen molar-refractivity contribution in [2.75, 3.05) is 13.7 Å². The first-order valence-electron chi connectivity index (χ1n) is 12.8. The van der Waals surface area contributed by atoms with Crippen molar-refractivity contribution in [3.63, 3.8) is 0 Å². The SMILES string of the molecule is CCOC(=O)C1=C(C)N=c2s/c(=C/c3ccccc3OCc3ccc(F)cc3)c(=O)n2[C@@H]1c1ccc(OC)c(Br)c1. The molecule has 0 saturated heterocycles. The summed E-state index contributed by atoms with van der Waals surface area (Å²) in [5.74, 6) is 0.351. The molecule has 1 aliphatic heterocycles. The zero-order valence-electron chi connectivity index (χ0n) is 22.5. The second kappa shape index (κ2) is 12.2. The number of methoxy groups -OCH3 is 1. The standard InChI is InChI=1S/C31H26BrFN2O5S/c1-4-39-30(37)27-18(2)34-31-35(28(27)21-11-14-25(38-3)23(32)15-21)29(36)26(41-31)16-20-7-5-6-8-24(20)40-17-19-9-12-22(33)13-10-19/h5-16,28H,4,17H2,1-3H3/b26-16+/t28-/m1/s1. The number of para-hydroxylation sites is 1. The van der Waals surface area contributed by atoms with Gasteiger partial charge in [-0.3, -0.25) is 9.36 Å². The molecule has 0 unspecified atom stereocenters. The Hall–Kier alpha value is -4.02. The van der Waals surface area contributed by atoms with E-state index in [4.69, 9.17) is 14.2 Å². The van der Waals surface area contributed by atoms with Gasteiger partial charge in [0, 0.05) is 5.56 Å². The number of fused-ring (bicyclic) bond motifs is 1. The van der Waals surface area contributed by atoms with Crippen LogP contribution in [0.15, 0.2) is 92.3 Å². The minimum atomic E-state index is -0.750. The van der Waals surface area contributed by atoms with Gasteiger partial charge in [-0.05, 0) is 77.3 Å². The van der Waals surface area contributed by atoms with Crippen molar-refractivity contribution in [3.8, 4) is 11.5 Å². The van der Waals surface area contributed by atoms with Crippen LogP contribution in [0.25, 0.3) is 6.08 Å². The number of carbonyl (C=O) groups excluding carboxylic acids is 1. The predicted octanol–water partition coefficient (Wildman–Crippen LogP) is 5.29. The van der Waals surface area contributed by atoms with Crippen LogP contribution in [0.1, 0.15) is 36.6 Å². The van der Waals surface area contributed by atoms with Gasteiger partial charge in [-0.1, -0.05) is 47.7 Å². The summed E-state index contributed by atoms with van der Waals surface area (Å²) in [4.78, 5) is 32.2. The molecule has 3 aromatic carbocycles. The number of thiazole rings is 1. The van der Waals surface area contributed by atoms with Gasteiger partial charge in [0.25, 0.3) is 5.56 Å². The van der Waals surface area contributed by atoms with E-state index in [0.717, 1.165) is 5.56 Å². The fourth-order valence-electron chi connectivity index (χ4n) is 4.57. The fraction of sp³-hybridized carbons (Fsp3) is 0.194. The normalized spacial score (nSPS) is 14.9. The van der Waals surface area contributed by atoms with E-state index >= 15 is 0 Å². The summed E-state index contributed by atoms with van der Waals surface area (Å²) in [5.41, 5.74) is 2.69. The Morgan fingerprint density at radius 1 is 1.12 bits per heavy atom. The monoisotopic (exact) mass is 636 g/mol. The van der Waals surface area contributed by atoms with Crippen molar-refractivity contribution in [2.45, 2.75) is 26.5 Å². The second-order valence-electron chi connectivity index (χ2n) is 9.15. The Labute approximate surface area is 248 Å². The molecule has 0 radical (unpaired) electrons. The minimum Gasteiger partial charge on any atom is -0.496 e. The van der Waals surface area contributed by atoms with Crippen molar-refractivity contribution in [1.82, 2.24) is 4.57 Å². The van der Waals surface area contributed by atoms with Gasteiger partial charge in [0.1, 0.15) is 23.9 Å². The quantitative estimate of drug-likeness (QED) is 0.246. The first kappa shape index (κ1) is 28.5. The summed E-state index contributed by atoms with van der Waals surface area (Å²) in [6.07, 6.45) is 1.76. The van der Waals surface area contributed by atoms with E-state index in [1.165, 1.54) is 28.0 Å². The predicted molar refractivity (Wildman–Crippen MR) is 158 cm³/mol. The second-order valence-corrected chi connectivity index (χ2v) is 11.0. The highest BCUT2D eigenvalue weighted by Crippen LogP contribution is 2.35. The first-order chi connectivity index (χ1) is 19.8. The topological polar surface area (TPSA) is 79.1 Å². The van der Waals surface area contributed by atoms with Crippen LogP contribution in [0.4, 0.5) is 4.39 Å². The third-order valence-corrected chi connectivity index (χ3v) is 8.12. The maximum Gasteiger partial charge on any atom is 0.338 e. The minimum absolute atomic E-state index is 0.188. The number of nitrogens with zero attached hydrogens (tertiary/aromatic N) is 2. The Balaban J connectivity index is 1.60. The maximum atomic E-state index is 14.0. The number of aromatic nitrogens is 1. The number of carbonyl (C=O) groups is 1. The third-order valence-electron chi connectivity index (χ3n) is 6.52. The summed E-state index contributed by atoms with van der Waals surface area (Å²) < 4.78 is 32.7. The Morgan fingerprint density at radius 2 is 1.88 bits per heavy atom. The number of hydrogen-bond acceptors (Lipinski definition) is 7. The lowest BCUT2D eigenvalue weighted by molar-refractivity contribution is -0.139. The number of rotatable bonds is 8. The molecular formula is C31H26BrFN2O5S. The molecule has 1 aromatic heterocycles. The van der Waals surface area contributed by atoms with Crippen molar-refractivity contribution in [3.05, 3.63) is 125 Å². The molecule has 0 spiro atoms.